The van der Waals surface area contributed by atoms with Gasteiger partial charge in [0.25, 0.3) is 5.91 Å². The highest BCUT2D eigenvalue weighted by Gasteiger charge is 2.19. The largest absolute Gasteiger partial charge is 0.478 e. The van der Waals surface area contributed by atoms with Gasteiger partial charge in [-0.2, -0.15) is 0 Å². The third-order valence-electron chi connectivity index (χ3n) is 5.15. The Bertz CT molecular complexity index is 1260. The van der Waals surface area contributed by atoms with Crippen LogP contribution >= 0.6 is 0 Å². The molecule has 158 valence electrons. The van der Waals surface area contributed by atoms with Gasteiger partial charge in [0.15, 0.2) is 12.4 Å². The minimum absolute atomic E-state index is 0.0902. The average Bonchev–Trinajstić information content (AvgIpc) is 3.18. The number of ether oxygens (including phenoxy) is 1. The topological polar surface area (TPSA) is 87.0 Å². The molecule has 0 saturated heterocycles. The van der Waals surface area contributed by atoms with E-state index >= 15 is 0 Å². The van der Waals surface area contributed by atoms with E-state index in [0.29, 0.717) is 12.2 Å². The van der Waals surface area contributed by atoms with Crippen LogP contribution in [-0.2, 0) is 4.79 Å². The van der Waals surface area contributed by atoms with E-state index in [1.807, 2.05) is 30.5 Å². The fourth-order valence-corrected chi connectivity index (χ4v) is 3.57. The van der Waals surface area contributed by atoms with Gasteiger partial charge in [-0.15, -0.1) is 0 Å². The third kappa shape index (κ3) is 4.66. The zero-order valence-electron chi connectivity index (χ0n) is 16.9. The number of aromatic nitrogens is 2. The number of nitrogens with one attached hydrogen (secondary N) is 3. The maximum absolute atomic E-state index is 13.5. The summed E-state index contributed by atoms with van der Waals surface area (Å²) in [5, 5.41) is 3.90. The first-order valence-electron chi connectivity index (χ1n) is 9.91. The maximum Gasteiger partial charge on any atom is 0.257 e. The molecule has 0 radical (unpaired) electrons. The van der Waals surface area contributed by atoms with Crippen LogP contribution in [0.25, 0.3) is 10.9 Å². The molecular weight excluding hydrogens is 397 g/mol. The maximum atomic E-state index is 13.5. The number of carbonyl (C=O) groups excluding carboxylic acids is 1. The van der Waals surface area contributed by atoms with E-state index in [2.05, 4.69) is 15.3 Å². The summed E-state index contributed by atoms with van der Waals surface area (Å²) >= 11 is 0. The van der Waals surface area contributed by atoms with Crippen LogP contribution in [0, 0.1) is 12.7 Å². The van der Waals surface area contributed by atoms with Crippen LogP contribution in [0.3, 0.4) is 0 Å². The number of rotatable bonds is 7. The number of halogens is 1. The summed E-state index contributed by atoms with van der Waals surface area (Å²) in [7, 11) is 0. The molecule has 4 rings (SSSR count). The lowest BCUT2D eigenvalue weighted by atomic mass is 9.91. The van der Waals surface area contributed by atoms with E-state index < -0.39 is 0 Å². The van der Waals surface area contributed by atoms with E-state index in [1.165, 1.54) is 24.4 Å². The molecule has 3 N–H and O–H groups in total. The van der Waals surface area contributed by atoms with Crippen molar-refractivity contribution in [2.24, 2.45) is 0 Å². The Balaban J connectivity index is 1.50. The summed E-state index contributed by atoms with van der Waals surface area (Å²) in [4.78, 5) is 30.4. The van der Waals surface area contributed by atoms with Crippen LogP contribution in [0.4, 0.5) is 4.39 Å². The number of fused-ring (bicyclic) bond motifs is 1. The number of hydrogen-bond acceptors (Lipinski definition) is 3. The zero-order chi connectivity index (χ0) is 21.8. The van der Waals surface area contributed by atoms with Gasteiger partial charge < -0.3 is 20.0 Å². The van der Waals surface area contributed by atoms with Gasteiger partial charge in [0.2, 0.25) is 5.43 Å². The summed E-state index contributed by atoms with van der Waals surface area (Å²) in [6.45, 7) is 1.77. The average molecular weight is 419 g/mol. The van der Waals surface area contributed by atoms with Gasteiger partial charge in [0.05, 0.1) is 0 Å². The number of hydrogen-bond donors (Lipinski definition) is 3. The Hall–Kier alpha value is -3.87. The molecule has 4 aromatic rings. The molecule has 2 heterocycles. The Morgan fingerprint density at radius 3 is 2.65 bits per heavy atom. The fraction of sp³-hybridized carbons (Fsp3) is 0.167. The number of aryl methyl sites for hydroxylation is 1. The number of pyridine rings is 1. The molecule has 6 nitrogen and oxygen atoms in total. The summed E-state index contributed by atoms with van der Waals surface area (Å²) in [5.74, 6) is -0.773. The quantitative estimate of drug-likeness (QED) is 0.428. The lowest BCUT2D eigenvalue weighted by Gasteiger charge is -2.18. The predicted octanol–water partition coefficient (Wildman–Crippen LogP) is 3.63. The standard InChI is InChI=1S/C24H22FN3O3/c1-15-10-22(29)23(13-26-15)31-14-24(30)28-11-19(16-6-8-17(25)9-7-16)20-12-27-21-5-3-2-4-18(20)21/h2-10,12-13,19,27H,11,14H2,1H3,(H,26,29)(H,28,30). The van der Waals surface area contributed by atoms with E-state index in [9.17, 15) is 14.0 Å². The smallest absolute Gasteiger partial charge is 0.257 e. The summed E-state index contributed by atoms with van der Waals surface area (Å²) < 4.78 is 18.8. The van der Waals surface area contributed by atoms with Crippen molar-refractivity contribution >= 4 is 16.8 Å². The Labute approximate surface area is 178 Å². The number of benzene rings is 2. The highest BCUT2D eigenvalue weighted by molar-refractivity contribution is 5.84. The van der Waals surface area contributed by atoms with E-state index in [1.54, 1.807) is 19.1 Å². The molecule has 7 heteroatoms. The minimum atomic E-state index is -0.355. The molecule has 2 aromatic carbocycles. The van der Waals surface area contributed by atoms with Gasteiger partial charge in [-0.05, 0) is 36.2 Å². The lowest BCUT2D eigenvalue weighted by molar-refractivity contribution is -0.123. The van der Waals surface area contributed by atoms with Gasteiger partial charge in [-0.25, -0.2) is 4.39 Å². The monoisotopic (exact) mass is 419 g/mol. The molecule has 0 aliphatic carbocycles. The summed E-state index contributed by atoms with van der Waals surface area (Å²) in [6, 6.07) is 15.5. The van der Waals surface area contributed by atoms with E-state index in [4.69, 9.17) is 4.74 Å². The summed E-state index contributed by atoms with van der Waals surface area (Å²) in [5.41, 5.74) is 3.29. The second-order valence-electron chi connectivity index (χ2n) is 7.33. The van der Waals surface area contributed by atoms with Crippen LogP contribution in [0.15, 0.2) is 71.8 Å². The molecule has 1 atom stereocenters. The van der Waals surface area contributed by atoms with Crippen molar-refractivity contribution in [2.75, 3.05) is 13.2 Å². The molecule has 0 aliphatic heterocycles. The Morgan fingerprint density at radius 2 is 1.87 bits per heavy atom. The molecule has 1 amide bonds. The van der Waals surface area contributed by atoms with Crippen molar-refractivity contribution in [3.8, 4) is 5.75 Å². The molecule has 0 bridgehead atoms. The second-order valence-corrected chi connectivity index (χ2v) is 7.33. The number of aromatic amines is 2. The number of H-pyrrole nitrogens is 2. The van der Waals surface area contributed by atoms with Crippen molar-refractivity contribution in [3.05, 3.63) is 99.9 Å². The fourth-order valence-electron chi connectivity index (χ4n) is 3.57. The van der Waals surface area contributed by atoms with Crippen LogP contribution in [0.5, 0.6) is 5.75 Å². The summed E-state index contributed by atoms with van der Waals surface area (Å²) in [6.07, 6.45) is 3.35. The van der Waals surface area contributed by atoms with Gasteiger partial charge in [0, 0.05) is 47.5 Å². The minimum Gasteiger partial charge on any atom is -0.478 e. The first-order chi connectivity index (χ1) is 15.0. The van der Waals surface area contributed by atoms with Crippen molar-refractivity contribution in [1.82, 2.24) is 15.3 Å². The van der Waals surface area contributed by atoms with E-state index in [-0.39, 0.29) is 35.4 Å². The first kappa shape index (κ1) is 20.4. The van der Waals surface area contributed by atoms with Gasteiger partial charge in [0.1, 0.15) is 5.82 Å². The molecule has 2 aromatic heterocycles. The first-order valence-corrected chi connectivity index (χ1v) is 9.91. The van der Waals surface area contributed by atoms with Gasteiger partial charge in [-0.1, -0.05) is 30.3 Å². The normalized spacial score (nSPS) is 11.9. The molecule has 0 fully saturated rings. The predicted molar refractivity (Wildman–Crippen MR) is 117 cm³/mol. The van der Waals surface area contributed by atoms with Gasteiger partial charge in [-0.3, -0.25) is 9.59 Å². The van der Waals surface area contributed by atoms with Crippen molar-refractivity contribution in [3.63, 3.8) is 0 Å². The molecule has 0 aliphatic rings. The Kier molecular flexibility index (Phi) is 5.84. The van der Waals surface area contributed by atoms with E-state index in [0.717, 1.165) is 22.0 Å². The highest BCUT2D eigenvalue weighted by atomic mass is 19.1. The highest BCUT2D eigenvalue weighted by Crippen LogP contribution is 2.30. The molecule has 31 heavy (non-hydrogen) atoms. The molecule has 1 unspecified atom stereocenters. The lowest BCUT2D eigenvalue weighted by Crippen LogP contribution is -2.33. The van der Waals surface area contributed by atoms with Crippen molar-refractivity contribution < 1.29 is 13.9 Å². The molecular formula is C24H22FN3O3. The number of carbonyl (C=O) groups is 1. The SMILES string of the molecule is Cc1cc(=O)c(OCC(=O)NCC(c2ccc(F)cc2)c2c[nH]c3ccccc23)c[nH]1. The number of para-hydroxylation sites is 1. The van der Waals surface area contributed by atoms with Crippen molar-refractivity contribution in [1.29, 1.82) is 0 Å². The second kappa shape index (κ2) is 8.87. The number of amides is 1. The van der Waals surface area contributed by atoms with Gasteiger partial charge >= 0.3 is 0 Å². The molecule has 0 saturated carbocycles. The Morgan fingerprint density at radius 1 is 1.10 bits per heavy atom. The van der Waals surface area contributed by atoms with Crippen LogP contribution in [0.1, 0.15) is 22.7 Å². The van der Waals surface area contributed by atoms with Crippen LogP contribution in [-0.4, -0.2) is 29.0 Å². The third-order valence-corrected chi connectivity index (χ3v) is 5.15. The van der Waals surface area contributed by atoms with Crippen LogP contribution < -0.4 is 15.5 Å². The molecule has 0 spiro atoms. The van der Waals surface area contributed by atoms with Crippen LogP contribution in [0.2, 0.25) is 0 Å². The zero-order valence-corrected chi connectivity index (χ0v) is 16.9. The van der Waals surface area contributed by atoms with Crippen molar-refractivity contribution in [2.45, 2.75) is 12.8 Å².